The van der Waals surface area contributed by atoms with Gasteiger partial charge in [-0.2, -0.15) is 0 Å². The van der Waals surface area contributed by atoms with Crippen molar-refractivity contribution in [3.05, 3.63) is 60.4 Å². The number of hydrogen-bond acceptors (Lipinski definition) is 6. The van der Waals surface area contributed by atoms with Gasteiger partial charge in [0.2, 0.25) is 11.8 Å². The molecule has 140 valence electrons. The molecule has 0 aliphatic heterocycles. The van der Waals surface area contributed by atoms with E-state index >= 15 is 0 Å². The van der Waals surface area contributed by atoms with Crippen LogP contribution in [0.25, 0.3) is 11.5 Å². The highest BCUT2D eigenvalue weighted by molar-refractivity contribution is 7.91. The third-order valence-electron chi connectivity index (χ3n) is 3.68. The largest absolute Gasteiger partial charge is 0.403 e. The summed E-state index contributed by atoms with van der Waals surface area (Å²) in [6.45, 7) is 0. The average molecular weight is 389 g/mol. The first kappa shape index (κ1) is 18.7. The quantitative estimate of drug-likeness (QED) is 0.666. The highest BCUT2D eigenvalue weighted by Crippen LogP contribution is 2.20. The molecule has 27 heavy (non-hydrogen) atoms. The number of anilines is 1. The van der Waals surface area contributed by atoms with E-state index in [0.29, 0.717) is 5.56 Å². The van der Waals surface area contributed by atoms with Crippen LogP contribution in [0.4, 0.5) is 10.4 Å². The van der Waals surface area contributed by atoms with Crippen LogP contribution in [0.3, 0.4) is 0 Å². The van der Waals surface area contributed by atoms with Crippen molar-refractivity contribution >= 4 is 21.8 Å². The van der Waals surface area contributed by atoms with Gasteiger partial charge < -0.3 is 4.42 Å². The number of nitrogens with zero attached hydrogens (tertiary/aromatic N) is 2. The molecule has 0 saturated carbocycles. The molecule has 0 saturated heterocycles. The van der Waals surface area contributed by atoms with Crippen molar-refractivity contribution in [2.45, 2.75) is 17.7 Å². The predicted molar refractivity (Wildman–Crippen MR) is 96.1 cm³/mol. The van der Waals surface area contributed by atoms with Crippen LogP contribution in [0.5, 0.6) is 0 Å². The molecule has 0 bridgehead atoms. The first-order valence-corrected chi connectivity index (χ1v) is 9.76. The number of rotatable bonds is 7. The molecule has 0 aliphatic carbocycles. The van der Waals surface area contributed by atoms with Crippen molar-refractivity contribution in [1.29, 1.82) is 0 Å². The van der Waals surface area contributed by atoms with Crippen LogP contribution in [0, 0.1) is 5.82 Å². The molecule has 0 fully saturated rings. The molecule has 0 atom stereocenters. The maximum Gasteiger partial charge on any atom is 0.322 e. The van der Waals surface area contributed by atoms with Gasteiger partial charge in [0.15, 0.2) is 9.84 Å². The number of benzene rings is 2. The van der Waals surface area contributed by atoms with Gasteiger partial charge >= 0.3 is 6.01 Å². The Labute approximate surface area is 155 Å². The zero-order valence-electron chi connectivity index (χ0n) is 14.1. The van der Waals surface area contributed by atoms with Gasteiger partial charge in [0, 0.05) is 12.0 Å². The highest BCUT2D eigenvalue weighted by Gasteiger charge is 2.16. The number of amides is 1. The predicted octanol–water partition coefficient (Wildman–Crippen LogP) is 3.07. The van der Waals surface area contributed by atoms with Gasteiger partial charge in [0.05, 0.1) is 10.6 Å². The summed E-state index contributed by atoms with van der Waals surface area (Å²) >= 11 is 0. The number of halogens is 1. The van der Waals surface area contributed by atoms with E-state index < -0.39 is 21.6 Å². The minimum absolute atomic E-state index is 0.0136. The minimum atomic E-state index is -3.43. The number of carbonyl (C=O) groups excluding carboxylic acids is 1. The lowest BCUT2D eigenvalue weighted by Crippen LogP contribution is -2.14. The monoisotopic (exact) mass is 389 g/mol. The van der Waals surface area contributed by atoms with Crippen molar-refractivity contribution < 1.29 is 22.0 Å². The van der Waals surface area contributed by atoms with E-state index in [2.05, 4.69) is 15.5 Å². The Morgan fingerprint density at radius 1 is 1.04 bits per heavy atom. The Bertz CT molecular complexity index is 1020. The summed E-state index contributed by atoms with van der Waals surface area (Å²) < 4.78 is 42.5. The summed E-state index contributed by atoms with van der Waals surface area (Å²) in [5, 5.41) is 9.90. The molecular weight excluding hydrogens is 373 g/mol. The minimum Gasteiger partial charge on any atom is -0.403 e. The van der Waals surface area contributed by atoms with E-state index in [-0.39, 0.29) is 35.4 Å². The molecule has 1 aromatic heterocycles. The second-order valence-corrected chi connectivity index (χ2v) is 7.81. The Kier molecular flexibility index (Phi) is 5.60. The van der Waals surface area contributed by atoms with Crippen molar-refractivity contribution in [3.63, 3.8) is 0 Å². The van der Waals surface area contributed by atoms with E-state index in [1.807, 2.05) is 0 Å². The molecule has 0 aliphatic rings. The van der Waals surface area contributed by atoms with E-state index in [1.165, 1.54) is 36.4 Å². The number of sulfone groups is 1. The number of nitrogens with one attached hydrogen (secondary N) is 1. The molecule has 1 N–H and O–H groups in total. The highest BCUT2D eigenvalue weighted by atomic mass is 32.2. The Hall–Kier alpha value is -3.07. The first-order valence-electron chi connectivity index (χ1n) is 8.11. The smallest absolute Gasteiger partial charge is 0.322 e. The standard InChI is InChI=1S/C18H16FN3O4S/c19-14-10-8-13(9-11-14)17-21-22-18(26-17)20-16(23)7-4-12-27(24,25)15-5-2-1-3-6-15/h1-3,5-6,8-11H,4,7,12H2,(H,20,22,23). The Balaban J connectivity index is 1.52. The van der Waals surface area contributed by atoms with E-state index in [0.717, 1.165) is 0 Å². The molecule has 0 radical (unpaired) electrons. The number of aromatic nitrogens is 2. The molecule has 7 nitrogen and oxygen atoms in total. The van der Waals surface area contributed by atoms with Gasteiger partial charge in [-0.3, -0.25) is 10.1 Å². The first-order chi connectivity index (χ1) is 12.9. The van der Waals surface area contributed by atoms with Crippen LogP contribution < -0.4 is 5.32 Å². The second kappa shape index (κ2) is 8.09. The van der Waals surface area contributed by atoms with Gasteiger partial charge in [-0.1, -0.05) is 23.3 Å². The molecule has 1 heterocycles. The summed E-state index contributed by atoms with van der Waals surface area (Å²) in [5.74, 6) is -0.837. The fraction of sp³-hybridized carbons (Fsp3) is 0.167. The van der Waals surface area contributed by atoms with Crippen LogP contribution >= 0.6 is 0 Å². The molecular formula is C18H16FN3O4S. The summed E-state index contributed by atoms with van der Waals surface area (Å²) in [7, 11) is -3.43. The van der Waals surface area contributed by atoms with Gasteiger partial charge in [0.1, 0.15) is 5.82 Å². The maximum absolute atomic E-state index is 12.9. The molecule has 1 amide bonds. The van der Waals surface area contributed by atoms with Crippen LogP contribution in [0.15, 0.2) is 63.9 Å². The topological polar surface area (TPSA) is 102 Å². The maximum atomic E-state index is 12.9. The number of hydrogen-bond donors (Lipinski definition) is 1. The van der Waals surface area contributed by atoms with Crippen molar-refractivity contribution in [2.24, 2.45) is 0 Å². The molecule has 9 heteroatoms. The lowest BCUT2D eigenvalue weighted by molar-refractivity contribution is -0.116. The summed E-state index contributed by atoms with van der Waals surface area (Å²) in [6, 6.07) is 13.4. The summed E-state index contributed by atoms with van der Waals surface area (Å²) in [6.07, 6.45) is 0.141. The average Bonchev–Trinajstić information content (AvgIpc) is 3.11. The third kappa shape index (κ3) is 4.98. The van der Waals surface area contributed by atoms with E-state index in [4.69, 9.17) is 4.42 Å². The van der Waals surface area contributed by atoms with Crippen molar-refractivity contribution in [3.8, 4) is 11.5 Å². The fourth-order valence-corrected chi connectivity index (χ4v) is 3.66. The van der Waals surface area contributed by atoms with Crippen molar-refractivity contribution in [1.82, 2.24) is 10.2 Å². The van der Waals surface area contributed by atoms with Gasteiger partial charge in [0.25, 0.3) is 0 Å². The van der Waals surface area contributed by atoms with Gasteiger partial charge in [-0.25, -0.2) is 12.8 Å². The Morgan fingerprint density at radius 2 is 1.74 bits per heavy atom. The van der Waals surface area contributed by atoms with E-state index in [1.54, 1.807) is 18.2 Å². The van der Waals surface area contributed by atoms with E-state index in [9.17, 15) is 17.6 Å². The lowest BCUT2D eigenvalue weighted by Gasteiger charge is -2.04. The second-order valence-electron chi connectivity index (χ2n) is 5.70. The Morgan fingerprint density at radius 3 is 2.44 bits per heavy atom. The van der Waals surface area contributed by atoms with Crippen LogP contribution in [-0.2, 0) is 14.6 Å². The lowest BCUT2D eigenvalue weighted by atomic mass is 10.2. The molecule has 2 aromatic carbocycles. The fourth-order valence-electron chi connectivity index (χ4n) is 2.33. The zero-order valence-corrected chi connectivity index (χ0v) is 14.9. The SMILES string of the molecule is O=C(CCCS(=O)(=O)c1ccccc1)Nc1nnc(-c2ccc(F)cc2)o1. The zero-order chi connectivity index (χ0) is 19.3. The molecule has 0 spiro atoms. The normalized spacial score (nSPS) is 11.3. The number of carbonyl (C=O) groups is 1. The summed E-state index contributed by atoms with van der Waals surface area (Å²) in [4.78, 5) is 12.2. The van der Waals surface area contributed by atoms with Crippen LogP contribution in [-0.4, -0.2) is 30.3 Å². The molecule has 3 aromatic rings. The van der Waals surface area contributed by atoms with Gasteiger partial charge in [-0.05, 0) is 42.8 Å². The van der Waals surface area contributed by atoms with Crippen LogP contribution in [0.2, 0.25) is 0 Å². The summed E-state index contributed by atoms with van der Waals surface area (Å²) in [5.41, 5.74) is 0.512. The third-order valence-corrected chi connectivity index (χ3v) is 5.50. The van der Waals surface area contributed by atoms with Crippen LogP contribution in [0.1, 0.15) is 12.8 Å². The molecule has 3 rings (SSSR count). The van der Waals surface area contributed by atoms with Crippen molar-refractivity contribution in [2.75, 3.05) is 11.1 Å². The van der Waals surface area contributed by atoms with Gasteiger partial charge in [-0.15, -0.1) is 5.10 Å². The molecule has 0 unspecified atom stereocenters.